The third kappa shape index (κ3) is 2.89. The van der Waals surface area contributed by atoms with Gasteiger partial charge in [-0.15, -0.1) is 10.2 Å². The number of nitrogens with zero attached hydrogens (tertiary/aromatic N) is 5. The minimum absolute atomic E-state index is 0.174. The molecule has 0 saturated carbocycles. The number of aromatic nitrogens is 5. The van der Waals surface area contributed by atoms with Crippen molar-refractivity contribution in [2.75, 3.05) is 6.54 Å². The summed E-state index contributed by atoms with van der Waals surface area (Å²) in [5, 5.41) is 15.6. The second-order valence-electron chi connectivity index (χ2n) is 4.24. The first-order valence-electron chi connectivity index (χ1n) is 6.07. The van der Waals surface area contributed by atoms with Gasteiger partial charge in [-0.3, -0.25) is 4.98 Å². The Morgan fingerprint density at radius 2 is 2.28 bits per heavy atom. The minimum Gasteiger partial charge on any atom is -0.310 e. The van der Waals surface area contributed by atoms with E-state index in [4.69, 9.17) is 0 Å². The summed E-state index contributed by atoms with van der Waals surface area (Å²) in [6, 6.07) is 2.19. The molecule has 1 atom stereocenters. The third-order valence-electron chi connectivity index (χ3n) is 2.84. The average molecular weight is 246 g/mol. The number of tetrazole rings is 1. The number of pyridine rings is 1. The van der Waals surface area contributed by atoms with Gasteiger partial charge in [0.2, 0.25) is 0 Å². The van der Waals surface area contributed by atoms with Crippen LogP contribution in [0.1, 0.15) is 29.9 Å². The van der Waals surface area contributed by atoms with E-state index in [0.717, 1.165) is 12.4 Å². The fourth-order valence-electron chi connectivity index (χ4n) is 1.97. The Balaban J connectivity index is 2.20. The van der Waals surface area contributed by atoms with Gasteiger partial charge in [-0.05, 0) is 35.9 Å². The van der Waals surface area contributed by atoms with E-state index in [9.17, 15) is 0 Å². The Hall–Kier alpha value is -1.82. The molecule has 0 bridgehead atoms. The van der Waals surface area contributed by atoms with Crippen LogP contribution in [0.2, 0.25) is 0 Å². The fraction of sp³-hybridized carbons (Fsp3) is 0.500. The lowest BCUT2D eigenvalue weighted by atomic mass is 10.0. The van der Waals surface area contributed by atoms with Crippen LogP contribution in [0.25, 0.3) is 0 Å². The summed E-state index contributed by atoms with van der Waals surface area (Å²) in [5.74, 6) is 0.742. The molecule has 2 aromatic heterocycles. The molecule has 0 radical (unpaired) electrons. The summed E-state index contributed by atoms with van der Waals surface area (Å²) in [6.07, 6.45) is 4.43. The van der Waals surface area contributed by atoms with Crippen LogP contribution in [0, 0.1) is 6.92 Å². The lowest BCUT2D eigenvalue weighted by Crippen LogP contribution is -2.24. The van der Waals surface area contributed by atoms with Crippen LogP contribution >= 0.6 is 0 Å². The van der Waals surface area contributed by atoms with E-state index in [0.29, 0.717) is 6.42 Å². The molecule has 0 spiro atoms. The summed E-state index contributed by atoms with van der Waals surface area (Å²) in [5.41, 5.74) is 2.41. The molecule has 1 unspecified atom stereocenters. The van der Waals surface area contributed by atoms with Gasteiger partial charge in [0.15, 0.2) is 5.82 Å². The molecule has 0 aliphatic heterocycles. The summed E-state index contributed by atoms with van der Waals surface area (Å²) < 4.78 is 0. The monoisotopic (exact) mass is 246 g/mol. The van der Waals surface area contributed by atoms with Crippen molar-refractivity contribution < 1.29 is 0 Å². The van der Waals surface area contributed by atoms with Crippen molar-refractivity contribution in [3.8, 4) is 0 Å². The highest BCUT2D eigenvalue weighted by Crippen LogP contribution is 2.19. The molecule has 0 fully saturated rings. The van der Waals surface area contributed by atoms with Gasteiger partial charge in [0.05, 0.1) is 7.05 Å². The van der Waals surface area contributed by atoms with E-state index >= 15 is 0 Å². The molecule has 2 heterocycles. The lowest BCUT2D eigenvalue weighted by molar-refractivity contribution is 0.531. The average Bonchev–Trinajstić information content (AvgIpc) is 2.75. The van der Waals surface area contributed by atoms with Gasteiger partial charge in [0.25, 0.3) is 0 Å². The topological polar surface area (TPSA) is 68.5 Å². The maximum absolute atomic E-state index is 4.22. The molecule has 0 amide bonds. The van der Waals surface area contributed by atoms with Gasteiger partial charge in [0, 0.05) is 24.9 Å². The van der Waals surface area contributed by atoms with Crippen LogP contribution in [-0.2, 0) is 13.5 Å². The number of hydrogen-bond donors (Lipinski definition) is 1. The summed E-state index contributed by atoms with van der Waals surface area (Å²) >= 11 is 0. The zero-order valence-electron chi connectivity index (χ0n) is 11.0. The van der Waals surface area contributed by atoms with Crippen molar-refractivity contribution in [2.24, 2.45) is 7.05 Å². The normalized spacial score (nSPS) is 12.6. The van der Waals surface area contributed by atoms with Crippen molar-refractivity contribution in [3.63, 3.8) is 0 Å². The van der Waals surface area contributed by atoms with E-state index in [1.54, 1.807) is 7.05 Å². The Kier molecular flexibility index (Phi) is 3.99. The van der Waals surface area contributed by atoms with Crippen LogP contribution in [-0.4, -0.2) is 31.7 Å². The maximum Gasteiger partial charge on any atom is 0.176 e. The maximum atomic E-state index is 4.22. The SMILES string of the molecule is CCNC(Cc1nnn(C)n1)c1cnccc1C. The van der Waals surface area contributed by atoms with E-state index in [-0.39, 0.29) is 6.04 Å². The quantitative estimate of drug-likeness (QED) is 0.845. The zero-order chi connectivity index (χ0) is 13.0. The van der Waals surface area contributed by atoms with E-state index < -0.39 is 0 Å². The molecule has 6 nitrogen and oxygen atoms in total. The molecule has 0 aliphatic carbocycles. The number of hydrogen-bond acceptors (Lipinski definition) is 5. The summed E-state index contributed by atoms with van der Waals surface area (Å²) in [7, 11) is 1.77. The van der Waals surface area contributed by atoms with Crippen LogP contribution in [0.4, 0.5) is 0 Å². The second kappa shape index (κ2) is 5.68. The smallest absolute Gasteiger partial charge is 0.176 e. The van der Waals surface area contributed by atoms with E-state index in [2.05, 4.69) is 39.6 Å². The molecular weight excluding hydrogens is 228 g/mol. The van der Waals surface area contributed by atoms with Gasteiger partial charge in [0.1, 0.15) is 0 Å². The third-order valence-corrected chi connectivity index (χ3v) is 2.84. The predicted octanol–water partition coefficient (Wildman–Crippen LogP) is 0.807. The van der Waals surface area contributed by atoms with Gasteiger partial charge >= 0.3 is 0 Å². The lowest BCUT2D eigenvalue weighted by Gasteiger charge is -2.18. The first kappa shape index (κ1) is 12.6. The van der Waals surface area contributed by atoms with Crippen molar-refractivity contribution in [1.82, 2.24) is 30.5 Å². The molecule has 18 heavy (non-hydrogen) atoms. The van der Waals surface area contributed by atoms with Crippen molar-refractivity contribution in [1.29, 1.82) is 0 Å². The second-order valence-corrected chi connectivity index (χ2v) is 4.24. The predicted molar refractivity (Wildman–Crippen MR) is 67.9 cm³/mol. The highest BCUT2D eigenvalue weighted by Gasteiger charge is 2.16. The first-order valence-corrected chi connectivity index (χ1v) is 6.07. The first-order chi connectivity index (χ1) is 8.70. The van der Waals surface area contributed by atoms with Crippen molar-refractivity contribution in [3.05, 3.63) is 35.4 Å². The Bertz CT molecular complexity index is 507. The summed E-state index contributed by atoms with van der Waals surface area (Å²) in [4.78, 5) is 5.67. The van der Waals surface area contributed by atoms with Gasteiger partial charge in [-0.2, -0.15) is 4.80 Å². The number of nitrogens with one attached hydrogen (secondary N) is 1. The molecule has 2 aromatic rings. The van der Waals surface area contributed by atoms with Gasteiger partial charge < -0.3 is 5.32 Å². The van der Waals surface area contributed by atoms with Gasteiger partial charge in [-0.1, -0.05) is 6.92 Å². The molecule has 96 valence electrons. The highest BCUT2D eigenvalue weighted by molar-refractivity contribution is 5.25. The van der Waals surface area contributed by atoms with Crippen LogP contribution in [0.5, 0.6) is 0 Å². The van der Waals surface area contributed by atoms with E-state index in [1.165, 1.54) is 15.9 Å². The van der Waals surface area contributed by atoms with Gasteiger partial charge in [-0.25, -0.2) is 0 Å². The largest absolute Gasteiger partial charge is 0.310 e. The van der Waals surface area contributed by atoms with Crippen molar-refractivity contribution in [2.45, 2.75) is 26.3 Å². The Morgan fingerprint density at radius 3 is 2.89 bits per heavy atom. The molecule has 0 aliphatic rings. The molecule has 6 heteroatoms. The van der Waals surface area contributed by atoms with Crippen LogP contribution in [0.15, 0.2) is 18.5 Å². The number of aryl methyl sites for hydroxylation is 2. The standard InChI is InChI=1S/C12H18N6/c1-4-14-11(7-12-15-17-18(3)16-12)10-8-13-6-5-9(10)2/h5-6,8,11,14H,4,7H2,1-3H3. The van der Waals surface area contributed by atoms with E-state index in [1.807, 2.05) is 18.5 Å². The molecular formula is C12H18N6. The molecule has 2 rings (SSSR count). The number of likely N-dealkylation sites (N-methyl/N-ethyl adjacent to an activating group) is 1. The molecule has 1 N–H and O–H groups in total. The molecule has 0 aromatic carbocycles. The van der Waals surface area contributed by atoms with Crippen molar-refractivity contribution >= 4 is 0 Å². The number of rotatable bonds is 5. The summed E-state index contributed by atoms with van der Waals surface area (Å²) in [6.45, 7) is 5.06. The fourth-order valence-corrected chi connectivity index (χ4v) is 1.97. The highest BCUT2D eigenvalue weighted by atomic mass is 15.6. The van der Waals surface area contributed by atoms with Crippen LogP contribution in [0.3, 0.4) is 0 Å². The Labute approximate surface area is 106 Å². The zero-order valence-corrected chi connectivity index (χ0v) is 11.0. The Morgan fingerprint density at radius 1 is 1.44 bits per heavy atom. The van der Waals surface area contributed by atoms with Crippen LogP contribution < -0.4 is 5.32 Å². The molecule has 0 saturated heterocycles. The minimum atomic E-state index is 0.174.